The maximum absolute atomic E-state index is 12.4. The third kappa shape index (κ3) is 4.79. The van der Waals surface area contributed by atoms with Gasteiger partial charge >= 0.3 is 5.97 Å². The van der Waals surface area contributed by atoms with Crippen LogP contribution in [0.5, 0.6) is 11.5 Å². The van der Waals surface area contributed by atoms with Gasteiger partial charge in [-0.2, -0.15) is 0 Å². The van der Waals surface area contributed by atoms with E-state index in [-0.39, 0.29) is 29.6 Å². The zero-order valence-corrected chi connectivity index (χ0v) is 16.2. The summed E-state index contributed by atoms with van der Waals surface area (Å²) in [5, 5.41) is 11.4. The van der Waals surface area contributed by atoms with E-state index in [0.29, 0.717) is 6.54 Å². The number of rotatable bonds is 9. The summed E-state index contributed by atoms with van der Waals surface area (Å²) in [5.74, 6) is -1.03. The lowest BCUT2D eigenvalue weighted by Gasteiger charge is -2.22. The first-order valence-corrected chi connectivity index (χ1v) is 9.08. The van der Waals surface area contributed by atoms with Crippen molar-refractivity contribution < 1.29 is 28.7 Å². The normalized spacial score (nSPS) is 12.9. The van der Waals surface area contributed by atoms with Gasteiger partial charge in [-0.3, -0.25) is 14.9 Å². The minimum atomic E-state index is -0.974. The summed E-state index contributed by atoms with van der Waals surface area (Å²) < 4.78 is 15.5. The first kappa shape index (κ1) is 21.2. The molecule has 0 saturated carbocycles. The minimum absolute atomic E-state index is 0.148. The van der Waals surface area contributed by atoms with Gasteiger partial charge in [-0.1, -0.05) is 6.08 Å². The smallest absolute Gasteiger partial charge is 0.345 e. The molecule has 0 radical (unpaired) electrons. The molecule has 0 spiro atoms. The quantitative estimate of drug-likeness (QED) is 0.361. The van der Waals surface area contributed by atoms with Crippen LogP contribution in [-0.4, -0.2) is 48.6 Å². The maximum atomic E-state index is 12.4. The molecule has 1 aromatic carbocycles. The van der Waals surface area contributed by atoms with Crippen molar-refractivity contribution in [3.05, 3.63) is 39.6 Å². The Morgan fingerprint density at radius 3 is 2.54 bits per heavy atom. The van der Waals surface area contributed by atoms with Crippen LogP contribution in [0.3, 0.4) is 0 Å². The van der Waals surface area contributed by atoms with Crippen LogP contribution in [0.15, 0.2) is 23.9 Å². The molecule has 152 valence electrons. The SMILES string of the molecule is CCOc1cc([N+](=O)[O-])c(C(=O)OCC(=O)N(CC)C2=CCCC2)cc1OC. The summed E-state index contributed by atoms with van der Waals surface area (Å²) in [6, 6.07) is 2.30. The van der Waals surface area contributed by atoms with Crippen molar-refractivity contribution in [3.8, 4) is 11.5 Å². The lowest BCUT2D eigenvalue weighted by atomic mass is 10.1. The van der Waals surface area contributed by atoms with Crippen LogP contribution in [0.4, 0.5) is 5.69 Å². The second kappa shape index (κ2) is 9.72. The van der Waals surface area contributed by atoms with E-state index in [1.807, 2.05) is 13.0 Å². The Balaban J connectivity index is 2.18. The van der Waals surface area contributed by atoms with Crippen LogP contribution in [-0.2, 0) is 9.53 Å². The highest BCUT2D eigenvalue weighted by molar-refractivity contribution is 5.96. The monoisotopic (exact) mass is 392 g/mol. The Hall–Kier alpha value is -3.10. The number of allylic oxidation sites excluding steroid dienone is 2. The number of carbonyl (C=O) groups is 2. The van der Waals surface area contributed by atoms with Crippen molar-refractivity contribution in [1.82, 2.24) is 4.90 Å². The van der Waals surface area contributed by atoms with Crippen LogP contribution in [0.25, 0.3) is 0 Å². The lowest BCUT2D eigenvalue weighted by molar-refractivity contribution is -0.385. The van der Waals surface area contributed by atoms with E-state index in [2.05, 4.69) is 0 Å². The zero-order valence-electron chi connectivity index (χ0n) is 16.2. The summed E-state index contributed by atoms with van der Waals surface area (Å²) in [6.45, 7) is 3.78. The standard InChI is InChI=1S/C19H24N2O7/c1-4-20(13-8-6-7-9-13)18(22)12-28-19(23)14-10-16(26-3)17(27-5-2)11-15(14)21(24)25/h8,10-11H,4-7,9,12H2,1-3H3. The molecular formula is C19H24N2O7. The van der Waals surface area contributed by atoms with Gasteiger partial charge in [0.15, 0.2) is 18.1 Å². The maximum Gasteiger partial charge on any atom is 0.345 e. The number of hydrogen-bond acceptors (Lipinski definition) is 7. The van der Waals surface area contributed by atoms with Crippen molar-refractivity contribution >= 4 is 17.6 Å². The number of methoxy groups -OCH3 is 1. The molecular weight excluding hydrogens is 368 g/mol. The Bertz CT molecular complexity index is 789. The molecule has 1 aliphatic carbocycles. The molecule has 0 atom stereocenters. The van der Waals surface area contributed by atoms with E-state index < -0.39 is 23.2 Å². The average Bonchev–Trinajstić information content (AvgIpc) is 3.20. The van der Waals surface area contributed by atoms with Gasteiger partial charge in [-0.15, -0.1) is 0 Å². The number of amides is 1. The highest BCUT2D eigenvalue weighted by atomic mass is 16.6. The highest BCUT2D eigenvalue weighted by Crippen LogP contribution is 2.35. The number of nitro groups is 1. The van der Waals surface area contributed by atoms with Crippen LogP contribution >= 0.6 is 0 Å². The van der Waals surface area contributed by atoms with E-state index in [4.69, 9.17) is 14.2 Å². The summed E-state index contributed by atoms with van der Waals surface area (Å²) in [6.07, 6.45) is 4.69. The van der Waals surface area contributed by atoms with E-state index in [0.717, 1.165) is 31.0 Å². The van der Waals surface area contributed by atoms with Gasteiger partial charge in [0.05, 0.1) is 24.7 Å². The second-order valence-corrected chi connectivity index (χ2v) is 6.01. The molecule has 9 nitrogen and oxygen atoms in total. The van der Waals surface area contributed by atoms with E-state index in [1.165, 1.54) is 13.2 Å². The lowest BCUT2D eigenvalue weighted by Crippen LogP contribution is -2.33. The van der Waals surface area contributed by atoms with Crippen molar-refractivity contribution in [1.29, 1.82) is 0 Å². The summed E-state index contributed by atoms with van der Waals surface area (Å²) in [5.41, 5.74) is 0.131. The Labute approximate surface area is 163 Å². The fourth-order valence-corrected chi connectivity index (χ4v) is 3.01. The molecule has 0 fully saturated rings. The Kier molecular flexibility index (Phi) is 7.36. The van der Waals surface area contributed by atoms with Crippen molar-refractivity contribution in [2.24, 2.45) is 0 Å². The van der Waals surface area contributed by atoms with Gasteiger partial charge in [0.1, 0.15) is 5.56 Å². The van der Waals surface area contributed by atoms with Gasteiger partial charge in [0.25, 0.3) is 11.6 Å². The molecule has 9 heteroatoms. The Morgan fingerprint density at radius 1 is 1.25 bits per heavy atom. The molecule has 0 N–H and O–H groups in total. The van der Waals surface area contributed by atoms with Gasteiger partial charge < -0.3 is 19.1 Å². The molecule has 1 amide bonds. The highest BCUT2D eigenvalue weighted by Gasteiger charge is 2.27. The van der Waals surface area contributed by atoms with Crippen LogP contribution < -0.4 is 9.47 Å². The molecule has 0 aromatic heterocycles. The molecule has 1 aromatic rings. The minimum Gasteiger partial charge on any atom is -0.493 e. The summed E-state index contributed by atoms with van der Waals surface area (Å²) in [4.78, 5) is 37.1. The number of nitrogens with zero attached hydrogens (tertiary/aromatic N) is 2. The van der Waals surface area contributed by atoms with Crippen LogP contribution in [0, 0.1) is 10.1 Å². The van der Waals surface area contributed by atoms with Crippen LogP contribution in [0.1, 0.15) is 43.5 Å². The fourth-order valence-electron chi connectivity index (χ4n) is 3.01. The molecule has 0 unspecified atom stereocenters. The Morgan fingerprint density at radius 2 is 2.00 bits per heavy atom. The van der Waals surface area contributed by atoms with Gasteiger partial charge in [-0.05, 0) is 33.1 Å². The predicted molar refractivity (Wildman–Crippen MR) is 100 cm³/mol. The first-order chi connectivity index (χ1) is 13.4. The first-order valence-electron chi connectivity index (χ1n) is 9.08. The number of carbonyl (C=O) groups excluding carboxylic acids is 2. The number of likely N-dealkylation sites (N-methyl/N-ethyl adjacent to an activating group) is 1. The summed E-state index contributed by atoms with van der Waals surface area (Å²) >= 11 is 0. The van der Waals surface area contributed by atoms with Crippen molar-refractivity contribution in [3.63, 3.8) is 0 Å². The third-order valence-electron chi connectivity index (χ3n) is 4.31. The molecule has 0 bridgehead atoms. The van der Waals surface area contributed by atoms with Crippen molar-refractivity contribution in [2.75, 3.05) is 26.9 Å². The fraction of sp³-hybridized carbons (Fsp3) is 0.474. The van der Waals surface area contributed by atoms with Crippen LogP contribution in [0.2, 0.25) is 0 Å². The largest absolute Gasteiger partial charge is 0.493 e. The molecule has 0 aliphatic heterocycles. The predicted octanol–water partition coefficient (Wildman–Crippen LogP) is 3.08. The van der Waals surface area contributed by atoms with E-state index >= 15 is 0 Å². The molecule has 2 rings (SSSR count). The molecule has 1 aliphatic rings. The van der Waals surface area contributed by atoms with Gasteiger partial charge in [-0.25, -0.2) is 4.79 Å². The van der Waals surface area contributed by atoms with E-state index in [1.54, 1.807) is 11.8 Å². The number of nitro benzene ring substituents is 1. The van der Waals surface area contributed by atoms with Gasteiger partial charge in [0, 0.05) is 18.3 Å². The van der Waals surface area contributed by atoms with E-state index in [9.17, 15) is 19.7 Å². The zero-order chi connectivity index (χ0) is 20.7. The number of hydrogen-bond donors (Lipinski definition) is 0. The average molecular weight is 392 g/mol. The topological polar surface area (TPSA) is 108 Å². The molecule has 28 heavy (non-hydrogen) atoms. The number of esters is 1. The van der Waals surface area contributed by atoms with Gasteiger partial charge in [0.2, 0.25) is 0 Å². The molecule has 0 saturated heterocycles. The third-order valence-corrected chi connectivity index (χ3v) is 4.31. The number of ether oxygens (including phenoxy) is 3. The molecule has 0 heterocycles. The summed E-state index contributed by atoms with van der Waals surface area (Å²) in [7, 11) is 1.36. The second-order valence-electron chi connectivity index (χ2n) is 6.01. The van der Waals surface area contributed by atoms with Crippen molar-refractivity contribution in [2.45, 2.75) is 33.1 Å². The number of benzene rings is 1.